The van der Waals surface area contributed by atoms with Crippen LogP contribution in [0.15, 0.2) is 0 Å². The molecule has 2 aromatic rings. The summed E-state index contributed by atoms with van der Waals surface area (Å²) in [6, 6.07) is -0.706. The molecule has 0 amide bonds. The number of ketones is 1. The second-order valence-electron chi connectivity index (χ2n) is 6.39. The summed E-state index contributed by atoms with van der Waals surface area (Å²) in [6.07, 6.45) is 0.550. The summed E-state index contributed by atoms with van der Waals surface area (Å²) in [7, 11) is 1.87. The fourth-order valence-electron chi connectivity index (χ4n) is 3.25. The highest BCUT2D eigenvalue weighted by Gasteiger charge is 2.33. The fourth-order valence-corrected chi connectivity index (χ4v) is 4.24. The fraction of sp³-hybridized carbons (Fsp3) is 0.562. The molecule has 4 heterocycles. The van der Waals surface area contributed by atoms with Crippen molar-refractivity contribution in [2.24, 2.45) is 7.05 Å². The molecule has 4 rings (SSSR count). The first-order valence-electron chi connectivity index (χ1n) is 8.69. The zero-order chi connectivity index (χ0) is 19.0. The minimum atomic E-state index is -0.706. The number of carbonyl (C=O) groups excluding carboxylic acids is 2. The van der Waals surface area contributed by atoms with Gasteiger partial charge in [0.1, 0.15) is 11.9 Å². The summed E-state index contributed by atoms with van der Waals surface area (Å²) >= 11 is 7.20. The van der Waals surface area contributed by atoms with Crippen LogP contribution < -0.4 is 10.2 Å². The molecule has 2 aliphatic rings. The molecular weight excluding hydrogens is 392 g/mol. The number of hydrogen-bond acceptors (Lipinski definition) is 9. The van der Waals surface area contributed by atoms with Gasteiger partial charge >= 0.3 is 0 Å². The van der Waals surface area contributed by atoms with Crippen LogP contribution in [0.3, 0.4) is 0 Å². The zero-order valence-electron chi connectivity index (χ0n) is 14.8. The third-order valence-corrected chi connectivity index (χ3v) is 5.81. The maximum absolute atomic E-state index is 11.7. The third kappa shape index (κ3) is 3.66. The predicted octanol–water partition coefficient (Wildman–Crippen LogP) is 0.197. The Bertz CT molecular complexity index is 882. The number of nitrogens with one attached hydrogen (secondary N) is 1. The topological polar surface area (TPSA) is 102 Å². The van der Waals surface area contributed by atoms with E-state index in [1.165, 1.54) is 0 Å². The highest BCUT2D eigenvalue weighted by molar-refractivity contribution is 8.15. The normalized spacial score (nSPS) is 20.8. The lowest BCUT2D eigenvalue weighted by Gasteiger charge is -2.27. The molecule has 1 N–H and O–H groups in total. The number of morpholine rings is 1. The molecule has 9 nitrogen and oxygen atoms in total. The van der Waals surface area contributed by atoms with Crippen molar-refractivity contribution >= 4 is 51.2 Å². The van der Waals surface area contributed by atoms with Crippen LogP contribution in [0.1, 0.15) is 5.82 Å². The minimum absolute atomic E-state index is 0.0674. The Balaban J connectivity index is 1.56. The van der Waals surface area contributed by atoms with Gasteiger partial charge < -0.3 is 19.5 Å². The van der Waals surface area contributed by atoms with Crippen LogP contribution in [0.5, 0.6) is 0 Å². The lowest BCUT2D eigenvalue weighted by molar-refractivity contribution is -0.122. The van der Waals surface area contributed by atoms with Gasteiger partial charge in [-0.2, -0.15) is 9.97 Å². The van der Waals surface area contributed by atoms with E-state index in [0.717, 1.165) is 30.7 Å². The highest BCUT2D eigenvalue weighted by atomic mass is 35.5. The van der Waals surface area contributed by atoms with E-state index >= 15 is 0 Å². The molecule has 0 radical (unpaired) electrons. The molecule has 27 heavy (non-hydrogen) atoms. The number of carbonyl (C=O) groups is 2. The molecule has 2 saturated heterocycles. The Morgan fingerprint density at radius 1 is 1.26 bits per heavy atom. The predicted molar refractivity (Wildman–Crippen MR) is 102 cm³/mol. The maximum atomic E-state index is 11.7. The lowest BCUT2D eigenvalue weighted by Crippen LogP contribution is -2.39. The molecule has 0 saturated carbocycles. The maximum Gasteiger partial charge on any atom is 0.226 e. The van der Waals surface area contributed by atoms with Crippen LogP contribution in [-0.4, -0.2) is 75.1 Å². The van der Waals surface area contributed by atoms with Crippen LogP contribution >= 0.6 is 23.4 Å². The number of aromatic nitrogens is 4. The van der Waals surface area contributed by atoms with Crippen LogP contribution in [0, 0.1) is 0 Å². The Hall–Kier alpha value is -1.75. The van der Waals surface area contributed by atoms with E-state index < -0.39 is 6.04 Å². The van der Waals surface area contributed by atoms with Gasteiger partial charge in [-0.1, -0.05) is 11.8 Å². The molecular formula is C16H19ClN6O3S. The molecule has 0 bridgehead atoms. The molecule has 1 unspecified atom stereocenters. The largest absolute Gasteiger partial charge is 0.378 e. The number of aryl methyl sites for hydroxylation is 1. The van der Waals surface area contributed by atoms with Crippen molar-refractivity contribution in [2.75, 3.05) is 43.5 Å². The van der Waals surface area contributed by atoms with E-state index in [2.05, 4.69) is 20.2 Å². The summed E-state index contributed by atoms with van der Waals surface area (Å²) < 4.78 is 7.28. The number of ether oxygens (including phenoxy) is 1. The SMILES string of the molecule is Cn1c(CCNC2C(=O)CSC2=O)nc2c(N3CCOCC3)nc(Cl)nc21. The van der Waals surface area contributed by atoms with Crippen molar-refractivity contribution in [1.82, 2.24) is 24.8 Å². The van der Waals surface area contributed by atoms with Crippen LogP contribution in [-0.2, 0) is 27.8 Å². The number of thioether (sulfide) groups is 1. The number of anilines is 1. The van der Waals surface area contributed by atoms with Crippen LogP contribution in [0.2, 0.25) is 5.28 Å². The van der Waals surface area contributed by atoms with Crippen molar-refractivity contribution in [3.63, 3.8) is 0 Å². The standard InChI is InChI=1S/C16H19ClN6O3S/c1-22-10(2-3-18-11-9(24)8-27-15(11)25)19-12-13(22)20-16(17)21-14(12)23-4-6-26-7-5-23/h11,18H,2-8H2,1H3. The lowest BCUT2D eigenvalue weighted by atomic mass is 10.2. The second-order valence-corrected chi connectivity index (χ2v) is 7.70. The average molecular weight is 411 g/mol. The van der Waals surface area contributed by atoms with E-state index in [-0.39, 0.29) is 21.9 Å². The van der Waals surface area contributed by atoms with Gasteiger partial charge in [0, 0.05) is 33.1 Å². The Morgan fingerprint density at radius 2 is 2.04 bits per heavy atom. The highest BCUT2D eigenvalue weighted by Crippen LogP contribution is 2.26. The van der Waals surface area contributed by atoms with Gasteiger partial charge in [0.25, 0.3) is 0 Å². The number of nitrogens with zero attached hydrogens (tertiary/aromatic N) is 5. The van der Waals surface area contributed by atoms with Crippen LogP contribution in [0.25, 0.3) is 11.2 Å². The van der Waals surface area contributed by atoms with Gasteiger partial charge in [0.2, 0.25) is 10.4 Å². The summed E-state index contributed by atoms with van der Waals surface area (Å²) in [6.45, 7) is 3.18. The number of fused-ring (bicyclic) bond motifs is 1. The number of hydrogen-bond donors (Lipinski definition) is 1. The van der Waals surface area contributed by atoms with Gasteiger partial charge in [-0.05, 0) is 11.6 Å². The Labute approximate surface area is 164 Å². The molecule has 2 aliphatic heterocycles. The van der Waals surface area contributed by atoms with Crippen molar-refractivity contribution < 1.29 is 14.3 Å². The Morgan fingerprint density at radius 3 is 2.74 bits per heavy atom. The Kier molecular flexibility index (Phi) is 5.31. The minimum Gasteiger partial charge on any atom is -0.378 e. The van der Waals surface area contributed by atoms with E-state index in [1.54, 1.807) is 0 Å². The number of Topliss-reactive ketones (excluding diaryl/α,β-unsaturated/α-hetero) is 1. The first kappa shape index (κ1) is 18.6. The molecule has 11 heteroatoms. The molecule has 144 valence electrons. The van der Waals surface area contributed by atoms with Crippen molar-refractivity contribution in [3.8, 4) is 0 Å². The first-order chi connectivity index (χ1) is 13.0. The molecule has 2 fully saturated rings. The summed E-state index contributed by atoms with van der Waals surface area (Å²) in [4.78, 5) is 38.9. The van der Waals surface area contributed by atoms with Gasteiger partial charge in [-0.15, -0.1) is 0 Å². The number of imidazole rings is 1. The molecule has 1 atom stereocenters. The summed E-state index contributed by atoms with van der Waals surface area (Å²) in [5.41, 5.74) is 1.36. The van der Waals surface area contributed by atoms with Crippen LogP contribution in [0.4, 0.5) is 5.82 Å². The van der Waals surface area contributed by atoms with Crippen molar-refractivity contribution in [2.45, 2.75) is 12.5 Å². The van der Waals surface area contributed by atoms with Gasteiger partial charge in [-0.3, -0.25) is 9.59 Å². The number of halogens is 1. The first-order valence-corrected chi connectivity index (χ1v) is 10.0. The molecule has 0 aromatic carbocycles. The van der Waals surface area contributed by atoms with E-state index in [1.807, 2.05) is 11.6 Å². The van der Waals surface area contributed by atoms with Gasteiger partial charge in [-0.25, -0.2) is 4.98 Å². The second kappa shape index (κ2) is 7.70. The monoisotopic (exact) mass is 410 g/mol. The van der Waals surface area contributed by atoms with E-state index in [9.17, 15) is 9.59 Å². The number of rotatable bonds is 5. The van der Waals surface area contributed by atoms with E-state index in [4.69, 9.17) is 21.3 Å². The van der Waals surface area contributed by atoms with E-state index in [0.29, 0.717) is 43.2 Å². The third-order valence-electron chi connectivity index (χ3n) is 4.69. The van der Waals surface area contributed by atoms with Gasteiger partial charge in [0.15, 0.2) is 22.8 Å². The summed E-state index contributed by atoms with van der Waals surface area (Å²) in [5, 5.41) is 3.09. The molecule has 0 spiro atoms. The average Bonchev–Trinajstić information content (AvgIpc) is 3.16. The van der Waals surface area contributed by atoms with Crippen molar-refractivity contribution in [1.29, 1.82) is 0 Å². The quantitative estimate of drug-likeness (QED) is 0.546. The molecule has 2 aromatic heterocycles. The van der Waals surface area contributed by atoms with Crippen molar-refractivity contribution in [3.05, 3.63) is 11.1 Å². The zero-order valence-corrected chi connectivity index (χ0v) is 16.3. The smallest absolute Gasteiger partial charge is 0.226 e. The van der Waals surface area contributed by atoms with Gasteiger partial charge in [0.05, 0.1) is 19.0 Å². The summed E-state index contributed by atoms with van der Waals surface area (Å²) in [5.74, 6) is 1.68. The molecule has 0 aliphatic carbocycles.